The average molecular weight is 525 g/mol. The number of carbonyl (C=O) groups is 1. The van der Waals surface area contributed by atoms with E-state index in [1.165, 1.54) is 30.0 Å². The fourth-order valence-corrected chi connectivity index (χ4v) is 4.45. The summed E-state index contributed by atoms with van der Waals surface area (Å²) in [6.07, 6.45) is -1.31. The minimum atomic E-state index is -4.53. The van der Waals surface area contributed by atoms with Crippen LogP contribution in [0.2, 0.25) is 5.02 Å². The molecular formula is C24H25ClF4N6O. The lowest BCUT2D eigenvalue weighted by atomic mass is 10.1. The SMILES string of the molecule is Cc1cc(C(F)(F)F)cc(N2CCC[C@H]2C(=O)N(CCCNc2ccn[nH]2)c2ccc(F)c(Cl)c2)n1. The first-order chi connectivity index (χ1) is 17.1. The van der Waals surface area contributed by atoms with E-state index in [0.29, 0.717) is 38.0 Å². The van der Waals surface area contributed by atoms with E-state index in [2.05, 4.69) is 20.5 Å². The molecule has 0 unspecified atom stereocenters. The van der Waals surface area contributed by atoms with Crippen LogP contribution < -0.4 is 15.1 Å². The molecule has 1 aliphatic heterocycles. The van der Waals surface area contributed by atoms with Crippen molar-refractivity contribution in [2.75, 3.05) is 34.8 Å². The third-order valence-corrected chi connectivity index (χ3v) is 6.24. The van der Waals surface area contributed by atoms with Gasteiger partial charge in [0.2, 0.25) is 5.91 Å². The first-order valence-corrected chi connectivity index (χ1v) is 11.8. The van der Waals surface area contributed by atoms with Gasteiger partial charge in [0, 0.05) is 31.0 Å². The van der Waals surface area contributed by atoms with Gasteiger partial charge in [-0.3, -0.25) is 9.89 Å². The number of H-pyrrole nitrogens is 1. The van der Waals surface area contributed by atoms with Crippen LogP contribution in [-0.4, -0.2) is 46.8 Å². The highest BCUT2D eigenvalue weighted by Gasteiger charge is 2.37. The molecule has 1 saturated heterocycles. The number of rotatable bonds is 8. The molecule has 7 nitrogen and oxygen atoms in total. The number of nitrogens with zero attached hydrogens (tertiary/aromatic N) is 4. The monoisotopic (exact) mass is 524 g/mol. The molecule has 12 heteroatoms. The Labute approximate surface area is 210 Å². The summed E-state index contributed by atoms with van der Waals surface area (Å²) in [6.45, 7) is 2.68. The van der Waals surface area contributed by atoms with Gasteiger partial charge in [0.25, 0.3) is 0 Å². The maximum absolute atomic E-state index is 13.8. The van der Waals surface area contributed by atoms with Gasteiger partial charge in [-0.05, 0) is 62.6 Å². The van der Waals surface area contributed by atoms with Gasteiger partial charge in [-0.1, -0.05) is 11.6 Å². The van der Waals surface area contributed by atoms with Gasteiger partial charge in [0.05, 0.1) is 16.8 Å². The number of halogens is 5. The summed E-state index contributed by atoms with van der Waals surface area (Å²) >= 11 is 5.99. The van der Waals surface area contributed by atoms with Gasteiger partial charge in [-0.15, -0.1) is 0 Å². The minimum Gasteiger partial charge on any atom is -0.370 e. The molecule has 3 heterocycles. The number of hydrogen-bond acceptors (Lipinski definition) is 5. The first-order valence-electron chi connectivity index (χ1n) is 11.5. The lowest BCUT2D eigenvalue weighted by molar-refractivity contribution is -0.137. The highest BCUT2D eigenvalue weighted by Crippen LogP contribution is 2.34. The van der Waals surface area contributed by atoms with Crippen LogP contribution >= 0.6 is 11.6 Å². The van der Waals surface area contributed by atoms with E-state index in [9.17, 15) is 22.4 Å². The van der Waals surface area contributed by atoms with Crippen LogP contribution in [0.3, 0.4) is 0 Å². The highest BCUT2D eigenvalue weighted by atomic mass is 35.5. The molecule has 0 saturated carbocycles. The standard InChI is InChI=1S/C24H25ClF4N6O/c1-15-12-16(24(27,28)29)13-22(32-15)35-10-2-4-20(35)23(36)34(17-5-6-19(26)18(25)14-17)11-3-8-30-21-7-9-31-33-21/h5-7,9,12-14,20H,2-4,8,10-11H2,1H3,(H2,30,31,33)/t20-/m0/s1. The molecule has 1 fully saturated rings. The number of aryl methyl sites for hydroxylation is 1. The fourth-order valence-electron chi connectivity index (χ4n) is 4.27. The molecule has 1 atom stereocenters. The van der Waals surface area contributed by atoms with E-state index in [1.54, 1.807) is 17.2 Å². The van der Waals surface area contributed by atoms with Gasteiger partial charge in [0.15, 0.2) is 0 Å². The summed E-state index contributed by atoms with van der Waals surface area (Å²) in [5, 5.41) is 9.68. The second-order valence-corrected chi connectivity index (χ2v) is 8.95. The Morgan fingerprint density at radius 1 is 1.28 bits per heavy atom. The lowest BCUT2D eigenvalue weighted by Gasteiger charge is -2.31. The molecule has 36 heavy (non-hydrogen) atoms. The number of nitrogens with one attached hydrogen (secondary N) is 2. The van der Waals surface area contributed by atoms with E-state index in [0.717, 1.165) is 18.0 Å². The van der Waals surface area contributed by atoms with Crippen LogP contribution in [0.25, 0.3) is 0 Å². The molecule has 3 aromatic rings. The van der Waals surface area contributed by atoms with Crippen molar-refractivity contribution in [3.63, 3.8) is 0 Å². The second kappa shape index (κ2) is 10.7. The molecule has 1 aromatic carbocycles. The smallest absolute Gasteiger partial charge is 0.370 e. The number of aromatic amines is 1. The molecule has 192 valence electrons. The van der Waals surface area contributed by atoms with Crippen molar-refractivity contribution in [3.05, 3.63) is 64.7 Å². The summed E-state index contributed by atoms with van der Waals surface area (Å²) in [6, 6.07) is 7.04. The van der Waals surface area contributed by atoms with Crippen molar-refractivity contribution >= 4 is 34.8 Å². The number of hydrogen-bond donors (Lipinski definition) is 2. The van der Waals surface area contributed by atoms with Crippen molar-refractivity contribution in [3.8, 4) is 0 Å². The Balaban J connectivity index is 1.58. The lowest BCUT2D eigenvalue weighted by Crippen LogP contribution is -2.47. The number of aromatic nitrogens is 3. The van der Waals surface area contributed by atoms with Crippen LogP contribution in [0.1, 0.15) is 30.5 Å². The van der Waals surface area contributed by atoms with Crippen LogP contribution in [-0.2, 0) is 11.0 Å². The van der Waals surface area contributed by atoms with Crippen molar-refractivity contribution in [1.29, 1.82) is 0 Å². The normalized spacial score (nSPS) is 15.8. The number of amides is 1. The maximum Gasteiger partial charge on any atom is 0.416 e. The van der Waals surface area contributed by atoms with Crippen LogP contribution in [0, 0.1) is 12.7 Å². The molecule has 0 bridgehead atoms. The number of pyridine rings is 1. The quantitative estimate of drug-likeness (QED) is 0.303. The number of benzene rings is 1. The zero-order chi connectivity index (χ0) is 25.9. The Morgan fingerprint density at radius 3 is 2.78 bits per heavy atom. The van der Waals surface area contributed by atoms with Gasteiger partial charge in [-0.25, -0.2) is 9.37 Å². The molecule has 0 aliphatic carbocycles. The van der Waals surface area contributed by atoms with E-state index >= 15 is 0 Å². The molecule has 1 amide bonds. The van der Waals surface area contributed by atoms with Crippen LogP contribution in [0.4, 0.5) is 34.9 Å². The summed E-state index contributed by atoms with van der Waals surface area (Å²) in [4.78, 5) is 21.2. The van der Waals surface area contributed by atoms with Crippen molar-refractivity contribution in [2.45, 2.75) is 38.4 Å². The number of carbonyl (C=O) groups excluding carboxylic acids is 1. The van der Waals surface area contributed by atoms with E-state index in [4.69, 9.17) is 11.6 Å². The van der Waals surface area contributed by atoms with Gasteiger partial charge in [0.1, 0.15) is 23.5 Å². The van der Waals surface area contributed by atoms with Crippen molar-refractivity contribution < 1.29 is 22.4 Å². The van der Waals surface area contributed by atoms with Crippen molar-refractivity contribution in [1.82, 2.24) is 15.2 Å². The number of alkyl halides is 3. The summed E-state index contributed by atoms with van der Waals surface area (Å²) in [5.74, 6) is -0.0877. The van der Waals surface area contributed by atoms with Crippen LogP contribution in [0.15, 0.2) is 42.6 Å². The fraction of sp³-hybridized carbons (Fsp3) is 0.375. The molecular weight excluding hydrogens is 500 g/mol. The van der Waals surface area contributed by atoms with E-state index in [1.807, 2.05) is 0 Å². The molecule has 0 radical (unpaired) electrons. The topological polar surface area (TPSA) is 77.2 Å². The van der Waals surface area contributed by atoms with Gasteiger partial charge in [-0.2, -0.15) is 18.3 Å². The third-order valence-electron chi connectivity index (χ3n) is 5.95. The molecule has 2 aromatic heterocycles. The number of anilines is 3. The first kappa shape index (κ1) is 25.7. The minimum absolute atomic E-state index is 0.108. The Bertz CT molecular complexity index is 1200. The molecule has 2 N–H and O–H groups in total. The van der Waals surface area contributed by atoms with Gasteiger partial charge >= 0.3 is 6.18 Å². The van der Waals surface area contributed by atoms with Crippen LogP contribution in [0.5, 0.6) is 0 Å². The van der Waals surface area contributed by atoms with E-state index in [-0.39, 0.29) is 29.0 Å². The van der Waals surface area contributed by atoms with Crippen molar-refractivity contribution in [2.24, 2.45) is 0 Å². The average Bonchev–Trinajstić information content (AvgIpc) is 3.52. The largest absolute Gasteiger partial charge is 0.416 e. The molecule has 0 spiro atoms. The molecule has 4 rings (SSSR count). The zero-order valence-electron chi connectivity index (χ0n) is 19.4. The third kappa shape index (κ3) is 5.89. The highest BCUT2D eigenvalue weighted by molar-refractivity contribution is 6.31. The Morgan fingerprint density at radius 2 is 2.08 bits per heavy atom. The maximum atomic E-state index is 13.8. The summed E-state index contributed by atoms with van der Waals surface area (Å²) < 4.78 is 54.0. The molecule has 1 aliphatic rings. The Kier molecular flexibility index (Phi) is 7.67. The summed E-state index contributed by atoms with van der Waals surface area (Å²) in [5.41, 5.74) is -0.187. The van der Waals surface area contributed by atoms with E-state index < -0.39 is 23.6 Å². The second-order valence-electron chi connectivity index (χ2n) is 8.54. The Hall–Kier alpha value is -3.34. The summed E-state index contributed by atoms with van der Waals surface area (Å²) in [7, 11) is 0. The predicted molar refractivity (Wildman–Crippen MR) is 130 cm³/mol. The predicted octanol–water partition coefficient (Wildman–Crippen LogP) is 5.43. The zero-order valence-corrected chi connectivity index (χ0v) is 20.2. The van der Waals surface area contributed by atoms with Gasteiger partial charge < -0.3 is 15.1 Å².